The lowest BCUT2D eigenvalue weighted by Crippen LogP contribution is -2.64. The highest BCUT2D eigenvalue weighted by atomic mass is 32.2. The molecule has 0 fully saturated rings. The van der Waals surface area contributed by atoms with Gasteiger partial charge in [-0.3, -0.25) is 23.4 Å². The van der Waals surface area contributed by atoms with Crippen LogP contribution < -0.4 is 26.0 Å². The van der Waals surface area contributed by atoms with Crippen LogP contribution in [0.2, 0.25) is 0 Å². The molecule has 0 saturated carbocycles. The van der Waals surface area contributed by atoms with Gasteiger partial charge in [0.05, 0.1) is 23.2 Å². The van der Waals surface area contributed by atoms with E-state index in [1.165, 1.54) is 27.0 Å². The zero-order valence-corrected chi connectivity index (χ0v) is 22.3. The zero-order valence-electron chi connectivity index (χ0n) is 21.4. The van der Waals surface area contributed by atoms with E-state index in [1.807, 2.05) is 0 Å². The number of phenolic OH excluding ortho intramolecular Hbond substituents is 1. The molecule has 0 radical (unpaired) electrons. The molecule has 8 N–H and O–H groups in total. The summed E-state index contributed by atoms with van der Waals surface area (Å²) in [5.41, 5.74) is -1.64. The van der Waals surface area contributed by atoms with Crippen molar-refractivity contribution in [3.63, 3.8) is 0 Å². The number of nitrogens with one attached hydrogen (secondary N) is 4. The molecule has 1 aromatic rings. The van der Waals surface area contributed by atoms with E-state index in [0.29, 0.717) is 0 Å². The number of carbonyl (C=O) groups is 4. The molecule has 1 aliphatic rings. The molecule has 1 aliphatic heterocycles. The first-order valence-corrected chi connectivity index (χ1v) is 13.1. The summed E-state index contributed by atoms with van der Waals surface area (Å²) < 4.78 is 18.9. The molecule has 2 unspecified atom stereocenters. The van der Waals surface area contributed by atoms with Gasteiger partial charge in [0.15, 0.2) is 11.5 Å². The maximum Gasteiger partial charge on any atom is 0.322 e. The number of aliphatic carboxylic acids is 1. The highest BCUT2D eigenvalue weighted by Crippen LogP contribution is 2.38. The molecule has 3 amide bonds. The van der Waals surface area contributed by atoms with Gasteiger partial charge < -0.3 is 46.4 Å². The van der Waals surface area contributed by atoms with E-state index in [9.17, 15) is 38.7 Å². The number of hydrogen-bond acceptors (Lipinski definition) is 10. The Morgan fingerprint density at radius 3 is 2.42 bits per heavy atom. The standard InChI is InChI=1S/C23H34N4O10S/c1-5-23(3)19(22(35)25-10-16(30)31)27-20(33)11(2)26-21(34)17(24-4)18(32)12-8-14(37-23)13(29)9-15(12)38(36)7-6-28/h8-9,11,17-19,24,28-29,32H,5-7,10H2,1-4H3,(H,25,35)(H,26,34)(H,27,33)(H,30,31)/t11-,17?,18+,19+,23+,38?/m0/s1. The van der Waals surface area contributed by atoms with Crippen molar-refractivity contribution in [2.45, 2.75) is 61.9 Å². The van der Waals surface area contributed by atoms with Crippen LogP contribution in [0.15, 0.2) is 17.0 Å². The number of carboxylic acid groups (broad SMARTS) is 1. The molecule has 14 nitrogen and oxygen atoms in total. The van der Waals surface area contributed by atoms with Gasteiger partial charge in [-0.1, -0.05) is 6.92 Å². The minimum atomic E-state index is -1.89. The van der Waals surface area contributed by atoms with Crippen LogP contribution in [0.4, 0.5) is 0 Å². The Balaban J connectivity index is 2.76. The molecule has 212 valence electrons. The minimum absolute atomic E-state index is 0.0596. The number of fused-ring (bicyclic) bond motifs is 2. The summed E-state index contributed by atoms with van der Waals surface area (Å²) in [5, 5.41) is 49.9. The number of aliphatic hydroxyl groups is 2. The molecule has 2 rings (SSSR count). The average Bonchev–Trinajstić information content (AvgIpc) is 2.86. The van der Waals surface area contributed by atoms with Crippen LogP contribution in [0.1, 0.15) is 38.9 Å². The van der Waals surface area contributed by atoms with Crippen LogP contribution in [0.3, 0.4) is 0 Å². The van der Waals surface area contributed by atoms with Crippen molar-refractivity contribution in [2.24, 2.45) is 0 Å². The van der Waals surface area contributed by atoms with Crippen LogP contribution >= 0.6 is 0 Å². The number of likely N-dealkylation sites (N-methyl/N-ethyl adjacent to an activating group) is 1. The van der Waals surface area contributed by atoms with Gasteiger partial charge in [-0.25, -0.2) is 0 Å². The summed E-state index contributed by atoms with van der Waals surface area (Å²) in [4.78, 5) is 50.0. The Bertz CT molecular complexity index is 1100. The number of benzene rings is 1. The third kappa shape index (κ3) is 6.98. The van der Waals surface area contributed by atoms with Crippen molar-refractivity contribution in [2.75, 3.05) is 26.0 Å². The van der Waals surface area contributed by atoms with E-state index in [4.69, 9.17) is 9.84 Å². The van der Waals surface area contributed by atoms with Crippen molar-refractivity contribution in [1.82, 2.24) is 21.3 Å². The number of phenols is 1. The van der Waals surface area contributed by atoms with E-state index in [1.54, 1.807) is 6.92 Å². The van der Waals surface area contributed by atoms with Gasteiger partial charge in [0.2, 0.25) is 17.7 Å². The van der Waals surface area contributed by atoms with Gasteiger partial charge in [0.1, 0.15) is 36.4 Å². The number of carbonyl (C=O) groups excluding carboxylic acids is 3. The Morgan fingerprint density at radius 1 is 1.21 bits per heavy atom. The molecule has 0 aliphatic carbocycles. The molecule has 38 heavy (non-hydrogen) atoms. The Kier molecular flexibility index (Phi) is 10.6. The molecule has 0 spiro atoms. The summed E-state index contributed by atoms with van der Waals surface area (Å²) in [6, 6.07) is -1.80. The summed E-state index contributed by atoms with van der Waals surface area (Å²) in [6.07, 6.45) is -1.58. The van der Waals surface area contributed by atoms with Crippen LogP contribution in [0, 0.1) is 0 Å². The van der Waals surface area contributed by atoms with Crippen LogP contribution in [0.5, 0.6) is 11.5 Å². The van der Waals surface area contributed by atoms with Gasteiger partial charge in [0, 0.05) is 16.5 Å². The maximum atomic E-state index is 13.0. The Labute approximate surface area is 221 Å². The van der Waals surface area contributed by atoms with Gasteiger partial charge in [-0.2, -0.15) is 0 Å². The zero-order chi connectivity index (χ0) is 28.8. The monoisotopic (exact) mass is 558 g/mol. The second-order valence-corrected chi connectivity index (χ2v) is 10.4. The molecular formula is C23H34N4O10S. The van der Waals surface area contributed by atoms with Crippen LogP contribution in [-0.2, 0) is 30.0 Å². The number of aliphatic hydroxyl groups excluding tert-OH is 2. The second-order valence-electron chi connectivity index (χ2n) is 8.89. The number of carboxylic acids is 1. The molecule has 15 heteroatoms. The number of ether oxygens (including phenoxy) is 1. The number of rotatable bonds is 8. The first kappa shape index (κ1) is 31.0. The number of aromatic hydroxyl groups is 1. The molecule has 0 aromatic heterocycles. The van der Waals surface area contributed by atoms with Crippen LogP contribution in [-0.4, -0.2) is 98.0 Å². The van der Waals surface area contributed by atoms with Crippen molar-refractivity contribution in [1.29, 1.82) is 0 Å². The highest BCUT2D eigenvalue weighted by molar-refractivity contribution is 7.85. The van der Waals surface area contributed by atoms with E-state index >= 15 is 0 Å². The SMILES string of the molecule is CC[C@@]1(C)Oc2cc(c(S(=O)CCO)cc2O)[C@@H](O)C(NC)C(=O)N[C@@H](C)C(=O)N[C@@H]1C(=O)NCC(=O)O. The summed E-state index contributed by atoms with van der Waals surface area (Å²) >= 11 is 0. The Morgan fingerprint density at radius 2 is 1.87 bits per heavy atom. The predicted molar refractivity (Wildman–Crippen MR) is 134 cm³/mol. The van der Waals surface area contributed by atoms with Gasteiger partial charge in [-0.05, 0) is 33.4 Å². The molecule has 2 bridgehead atoms. The van der Waals surface area contributed by atoms with Crippen molar-refractivity contribution in [3.8, 4) is 11.5 Å². The lowest BCUT2D eigenvalue weighted by atomic mass is 9.91. The topological polar surface area (TPSA) is 224 Å². The first-order chi connectivity index (χ1) is 17.8. The molecule has 0 saturated heterocycles. The minimum Gasteiger partial charge on any atom is -0.504 e. The second kappa shape index (κ2) is 13.0. The quantitative estimate of drug-likeness (QED) is 0.172. The summed E-state index contributed by atoms with van der Waals surface area (Å²) in [6.45, 7) is 3.22. The molecule has 1 heterocycles. The normalized spacial score (nSPS) is 26.9. The summed E-state index contributed by atoms with van der Waals surface area (Å²) in [7, 11) is -0.505. The average molecular weight is 559 g/mol. The molecule has 1 aromatic carbocycles. The fourth-order valence-corrected chi connectivity index (χ4v) is 4.93. The third-order valence-corrected chi connectivity index (χ3v) is 7.61. The smallest absolute Gasteiger partial charge is 0.322 e. The molecular weight excluding hydrogens is 524 g/mol. The van der Waals surface area contributed by atoms with Gasteiger partial charge in [-0.15, -0.1) is 0 Å². The van der Waals surface area contributed by atoms with E-state index < -0.39 is 83.2 Å². The number of hydrogen-bond donors (Lipinski definition) is 8. The summed E-state index contributed by atoms with van der Waals surface area (Å²) in [5.74, 6) is -4.83. The first-order valence-electron chi connectivity index (χ1n) is 11.8. The number of amides is 3. The highest BCUT2D eigenvalue weighted by Gasteiger charge is 2.43. The maximum absolute atomic E-state index is 13.0. The lowest BCUT2D eigenvalue weighted by Gasteiger charge is -2.37. The van der Waals surface area contributed by atoms with E-state index in [2.05, 4.69) is 21.3 Å². The van der Waals surface area contributed by atoms with Gasteiger partial charge >= 0.3 is 5.97 Å². The molecule has 6 atom stereocenters. The van der Waals surface area contributed by atoms with E-state index in [0.717, 1.165) is 6.07 Å². The lowest BCUT2D eigenvalue weighted by molar-refractivity contribution is -0.140. The largest absolute Gasteiger partial charge is 0.504 e. The van der Waals surface area contributed by atoms with Crippen molar-refractivity contribution >= 4 is 34.5 Å². The van der Waals surface area contributed by atoms with Crippen molar-refractivity contribution in [3.05, 3.63) is 17.7 Å². The van der Waals surface area contributed by atoms with Gasteiger partial charge in [0.25, 0.3) is 0 Å². The fourth-order valence-electron chi connectivity index (χ4n) is 3.86. The van der Waals surface area contributed by atoms with Crippen LogP contribution in [0.25, 0.3) is 0 Å². The fraction of sp³-hybridized carbons (Fsp3) is 0.565. The Hall–Kier alpha value is -3.27. The van der Waals surface area contributed by atoms with Crippen molar-refractivity contribution < 1.29 is 48.6 Å². The third-order valence-electron chi connectivity index (χ3n) is 6.21. The van der Waals surface area contributed by atoms with E-state index in [-0.39, 0.29) is 28.4 Å². The predicted octanol–water partition coefficient (Wildman–Crippen LogP) is -2.14.